The van der Waals surface area contributed by atoms with Gasteiger partial charge in [-0.05, 0) is 32.2 Å². The minimum absolute atomic E-state index is 0.753. The van der Waals surface area contributed by atoms with Crippen LogP contribution in [0.15, 0.2) is 24.3 Å². The molecule has 2 heteroatoms. The van der Waals surface area contributed by atoms with Crippen molar-refractivity contribution in [2.75, 3.05) is 0 Å². The Hall–Kier alpha value is -0.860. The molecule has 0 unspecified atom stereocenters. The molecule has 0 fully saturated rings. The van der Waals surface area contributed by atoms with Gasteiger partial charge in [0.2, 0.25) is 0 Å². The van der Waals surface area contributed by atoms with Crippen LogP contribution in [-0.2, 0) is 5.60 Å². The number of benzene rings is 1. The smallest absolute Gasteiger partial charge is 0.0854 e. The molecule has 1 aromatic heterocycles. The highest BCUT2D eigenvalue weighted by molar-refractivity contribution is 7.19. The first-order valence-corrected chi connectivity index (χ1v) is 5.52. The zero-order valence-corrected chi connectivity index (χ0v) is 9.48. The summed E-state index contributed by atoms with van der Waals surface area (Å²) < 4.78 is 1.21. The van der Waals surface area contributed by atoms with E-state index in [0.717, 1.165) is 5.56 Å². The molecule has 1 N–H and O–H groups in total. The summed E-state index contributed by atoms with van der Waals surface area (Å²) in [6.07, 6.45) is 0. The van der Waals surface area contributed by atoms with Crippen molar-refractivity contribution in [1.29, 1.82) is 0 Å². The number of aryl methyl sites for hydroxylation is 1. The molecular weight excluding hydrogens is 192 g/mol. The average Bonchev–Trinajstić information content (AvgIpc) is 2.41. The van der Waals surface area contributed by atoms with Crippen LogP contribution in [0, 0.1) is 6.92 Å². The van der Waals surface area contributed by atoms with Crippen LogP contribution in [-0.4, -0.2) is 5.11 Å². The van der Waals surface area contributed by atoms with Crippen LogP contribution in [0.1, 0.15) is 24.3 Å². The van der Waals surface area contributed by atoms with Crippen LogP contribution in [0.3, 0.4) is 0 Å². The van der Waals surface area contributed by atoms with E-state index in [1.807, 2.05) is 26.0 Å². The highest BCUT2D eigenvalue weighted by Crippen LogP contribution is 2.33. The van der Waals surface area contributed by atoms with Crippen molar-refractivity contribution in [2.24, 2.45) is 0 Å². The van der Waals surface area contributed by atoms with E-state index in [0.29, 0.717) is 0 Å². The number of thiophene rings is 1. The molecule has 1 heterocycles. The van der Waals surface area contributed by atoms with Gasteiger partial charge >= 0.3 is 0 Å². The topological polar surface area (TPSA) is 20.2 Å². The Morgan fingerprint density at radius 2 is 2.00 bits per heavy atom. The Morgan fingerprint density at radius 3 is 2.64 bits per heavy atom. The summed E-state index contributed by atoms with van der Waals surface area (Å²) in [5, 5.41) is 11.2. The van der Waals surface area contributed by atoms with Gasteiger partial charge in [-0.2, -0.15) is 0 Å². The zero-order valence-electron chi connectivity index (χ0n) is 8.66. The van der Waals surface area contributed by atoms with Crippen LogP contribution in [0.4, 0.5) is 0 Å². The van der Waals surface area contributed by atoms with Gasteiger partial charge in [0.05, 0.1) is 5.60 Å². The monoisotopic (exact) mass is 206 g/mol. The van der Waals surface area contributed by atoms with Crippen LogP contribution < -0.4 is 0 Å². The van der Waals surface area contributed by atoms with Gasteiger partial charge in [-0.25, -0.2) is 0 Å². The summed E-state index contributed by atoms with van der Waals surface area (Å²) in [7, 11) is 0. The van der Waals surface area contributed by atoms with Gasteiger partial charge in [0.1, 0.15) is 0 Å². The van der Waals surface area contributed by atoms with Crippen molar-refractivity contribution in [3.63, 3.8) is 0 Å². The average molecular weight is 206 g/mol. The van der Waals surface area contributed by atoms with E-state index in [9.17, 15) is 5.11 Å². The van der Waals surface area contributed by atoms with Crippen LogP contribution in [0.2, 0.25) is 0 Å². The SMILES string of the molecule is Cc1cc2cccc(C(C)(C)O)c2s1. The molecule has 0 aliphatic heterocycles. The lowest BCUT2D eigenvalue weighted by atomic mass is 9.97. The minimum Gasteiger partial charge on any atom is -0.386 e. The summed E-state index contributed by atoms with van der Waals surface area (Å²) in [4.78, 5) is 1.29. The van der Waals surface area contributed by atoms with Gasteiger partial charge in [-0.15, -0.1) is 11.3 Å². The number of rotatable bonds is 1. The molecule has 0 aliphatic carbocycles. The van der Waals surface area contributed by atoms with E-state index < -0.39 is 5.60 Å². The maximum absolute atomic E-state index is 10.0. The van der Waals surface area contributed by atoms with Gasteiger partial charge < -0.3 is 5.11 Å². The molecule has 2 aromatic rings. The Labute approximate surface area is 88.0 Å². The molecule has 0 atom stereocenters. The van der Waals surface area contributed by atoms with Crippen molar-refractivity contribution in [2.45, 2.75) is 26.4 Å². The fourth-order valence-electron chi connectivity index (χ4n) is 1.67. The Kier molecular flexibility index (Phi) is 2.13. The van der Waals surface area contributed by atoms with E-state index in [4.69, 9.17) is 0 Å². The van der Waals surface area contributed by atoms with E-state index >= 15 is 0 Å². The van der Waals surface area contributed by atoms with Crippen LogP contribution in [0.5, 0.6) is 0 Å². The maximum Gasteiger partial charge on any atom is 0.0854 e. The summed E-state index contributed by atoms with van der Waals surface area (Å²) in [5.41, 5.74) is 0.268. The van der Waals surface area contributed by atoms with Crippen LogP contribution in [0.25, 0.3) is 10.1 Å². The second kappa shape index (κ2) is 3.07. The van der Waals surface area contributed by atoms with Gasteiger partial charge in [0.15, 0.2) is 0 Å². The van der Waals surface area contributed by atoms with Crippen molar-refractivity contribution in [1.82, 2.24) is 0 Å². The van der Waals surface area contributed by atoms with Gasteiger partial charge in [-0.3, -0.25) is 0 Å². The van der Waals surface area contributed by atoms with Crippen molar-refractivity contribution >= 4 is 21.4 Å². The first kappa shape index (κ1) is 9.69. The summed E-state index contributed by atoms with van der Waals surface area (Å²) in [6, 6.07) is 8.25. The van der Waals surface area contributed by atoms with Crippen molar-refractivity contribution < 1.29 is 5.11 Å². The van der Waals surface area contributed by atoms with E-state index in [-0.39, 0.29) is 0 Å². The van der Waals surface area contributed by atoms with Crippen LogP contribution >= 0.6 is 11.3 Å². The molecule has 0 saturated carbocycles. The highest BCUT2D eigenvalue weighted by Gasteiger charge is 2.19. The van der Waals surface area contributed by atoms with E-state index in [1.54, 1.807) is 11.3 Å². The van der Waals surface area contributed by atoms with E-state index in [2.05, 4.69) is 19.1 Å². The molecule has 1 nitrogen and oxygen atoms in total. The van der Waals surface area contributed by atoms with Crippen molar-refractivity contribution in [3.05, 3.63) is 34.7 Å². The second-order valence-electron chi connectivity index (χ2n) is 4.14. The lowest BCUT2D eigenvalue weighted by Crippen LogP contribution is -2.15. The quantitative estimate of drug-likeness (QED) is 0.757. The molecule has 14 heavy (non-hydrogen) atoms. The maximum atomic E-state index is 10.0. The summed E-state index contributed by atoms with van der Waals surface area (Å²) in [5.74, 6) is 0. The predicted octanol–water partition coefficient (Wildman–Crippen LogP) is 3.44. The third kappa shape index (κ3) is 1.56. The highest BCUT2D eigenvalue weighted by atomic mass is 32.1. The Bertz CT molecular complexity index is 463. The largest absolute Gasteiger partial charge is 0.386 e. The van der Waals surface area contributed by atoms with Gasteiger partial charge in [-0.1, -0.05) is 18.2 Å². The molecule has 1 aromatic carbocycles. The number of hydrogen-bond donors (Lipinski definition) is 1. The molecule has 0 radical (unpaired) electrons. The molecule has 0 spiro atoms. The lowest BCUT2D eigenvalue weighted by Gasteiger charge is -2.18. The van der Waals surface area contributed by atoms with Gasteiger partial charge in [0, 0.05) is 15.1 Å². The molecule has 0 aliphatic rings. The zero-order chi connectivity index (χ0) is 10.3. The van der Waals surface area contributed by atoms with E-state index in [1.165, 1.54) is 15.0 Å². The van der Waals surface area contributed by atoms with Gasteiger partial charge in [0.25, 0.3) is 0 Å². The summed E-state index contributed by atoms with van der Waals surface area (Å²) >= 11 is 1.75. The number of aliphatic hydroxyl groups is 1. The third-order valence-corrected chi connectivity index (χ3v) is 3.43. The molecule has 0 amide bonds. The standard InChI is InChI=1S/C12H14OS/c1-8-7-9-5-4-6-10(11(9)14-8)12(2,3)13/h4-7,13H,1-3H3. The molecular formula is C12H14OS. The second-order valence-corrected chi connectivity index (χ2v) is 5.40. The number of hydrogen-bond acceptors (Lipinski definition) is 2. The number of fused-ring (bicyclic) bond motifs is 1. The minimum atomic E-state index is -0.753. The molecule has 2 rings (SSSR count). The Morgan fingerprint density at radius 1 is 1.29 bits per heavy atom. The lowest BCUT2D eigenvalue weighted by molar-refractivity contribution is 0.0804. The molecule has 74 valence electrons. The third-order valence-electron chi connectivity index (χ3n) is 2.33. The van der Waals surface area contributed by atoms with Crippen molar-refractivity contribution in [3.8, 4) is 0 Å². The first-order chi connectivity index (χ1) is 6.48. The Balaban J connectivity index is 2.77. The molecule has 0 bridgehead atoms. The first-order valence-electron chi connectivity index (χ1n) is 4.70. The molecule has 0 saturated heterocycles. The normalized spacial score (nSPS) is 12.3. The predicted molar refractivity (Wildman–Crippen MR) is 61.8 cm³/mol. The summed E-state index contributed by atoms with van der Waals surface area (Å²) in [6.45, 7) is 5.76. The fourth-order valence-corrected chi connectivity index (χ4v) is 2.85. The fraction of sp³-hybridized carbons (Fsp3) is 0.333.